The molecule has 3 aliphatic rings. The first-order valence-corrected chi connectivity index (χ1v) is 16.2. The van der Waals surface area contributed by atoms with Gasteiger partial charge in [-0.3, -0.25) is 9.59 Å². The molecule has 0 bridgehead atoms. The number of carbonyl (C=O) groups excluding carboxylic acids is 2. The Labute approximate surface area is 245 Å². The van der Waals surface area contributed by atoms with Crippen molar-refractivity contribution < 1.29 is 18.0 Å². The summed E-state index contributed by atoms with van der Waals surface area (Å²) in [5, 5.41) is 3.36. The minimum atomic E-state index is -3.23. The highest BCUT2D eigenvalue weighted by Gasteiger charge is 2.44. The van der Waals surface area contributed by atoms with E-state index in [-0.39, 0.29) is 41.6 Å². The van der Waals surface area contributed by atoms with Crippen LogP contribution < -0.4 is 5.32 Å². The zero-order valence-corrected chi connectivity index (χ0v) is 25.0. The minimum Gasteiger partial charge on any atom is -0.349 e. The van der Waals surface area contributed by atoms with Gasteiger partial charge in [0.2, 0.25) is 11.8 Å². The van der Waals surface area contributed by atoms with E-state index in [1.54, 1.807) is 12.1 Å². The lowest BCUT2D eigenvalue weighted by Gasteiger charge is -2.39. The van der Waals surface area contributed by atoms with Crippen molar-refractivity contribution >= 4 is 34.1 Å². The molecule has 2 amide bonds. The van der Waals surface area contributed by atoms with Gasteiger partial charge in [0.15, 0.2) is 9.84 Å². The van der Waals surface area contributed by atoms with E-state index in [4.69, 9.17) is 0 Å². The molecule has 1 aliphatic carbocycles. The number of hydrogen-bond donors (Lipinski definition) is 1. The van der Waals surface area contributed by atoms with Crippen LogP contribution in [0.3, 0.4) is 0 Å². The van der Waals surface area contributed by atoms with Crippen molar-refractivity contribution in [3.63, 3.8) is 0 Å². The Balaban J connectivity index is 0.00000370. The number of nitrogens with zero attached hydrogens (tertiary/aromatic N) is 2. The zero-order chi connectivity index (χ0) is 27.5. The number of piperidine rings is 1. The van der Waals surface area contributed by atoms with Crippen LogP contribution in [0.15, 0.2) is 59.5 Å². The number of nitrogens with one attached hydrogen (secondary N) is 1. The molecule has 7 nitrogen and oxygen atoms in total. The molecular formula is C31H42ClN3O4S. The molecule has 218 valence electrons. The van der Waals surface area contributed by atoms with Crippen molar-refractivity contribution in [2.24, 2.45) is 11.3 Å². The quantitative estimate of drug-likeness (QED) is 0.457. The maximum atomic E-state index is 12.9. The molecule has 0 aromatic heterocycles. The van der Waals surface area contributed by atoms with E-state index in [0.29, 0.717) is 17.9 Å². The van der Waals surface area contributed by atoms with E-state index in [0.717, 1.165) is 76.7 Å². The third-order valence-corrected chi connectivity index (χ3v) is 10.2. The summed E-state index contributed by atoms with van der Waals surface area (Å²) in [6, 6.07) is 17.2. The second-order valence-electron chi connectivity index (χ2n) is 11.9. The average Bonchev–Trinajstić information content (AvgIpc) is 3.57. The molecule has 1 saturated carbocycles. The third kappa shape index (κ3) is 7.45. The van der Waals surface area contributed by atoms with Crippen molar-refractivity contribution in [2.45, 2.75) is 68.8 Å². The second-order valence-corrected chi connectivity index (χ2v) is 13.9. The van der Waals surface area contributed by atoms with Crippen LogP contribution in [-0.2, 0) is 26.0 Å². The number of rotatable bonds is 9. The lowest BCUT2D eigenvalue weighted by Crippen LogP contribution is -2.43. The van der Waals surface area contributed by atoms with Crippen molar-refractivity contribution in [3.05, 3.63) is 65.7 Å². The van der Waals surface area contributed by atoms with Gasteiger partial charge in [0, 0.05) is 38.2 Å². The minimum absolute atomic E-state index is 0. The molecule has 1 N–H and O–H groups in total. The highest BCUT2D eigenvalue weighted by molar-refractivity contribution is 7.90. The summed E-state index contributed by atoms with van der Waals surface area (Å²) < 4.78 is 23.5. The Kier molecular flexibility index (Phi) is 9.96. The summed E-state index contributed by atoms with van der Waals surface area (Å²) in [5.41, 5.74) is 2.14. The molecule has 2 saturated heterocycles. The molecule has 2 aromatic carbocycles. The standard InChI is InChI=1S/C31H41N3O4S.ClH/c1-39(37,38)27-13-11-24(12-14-27)22-34-23-31(21-29(34)35)16-19-33(20-17-31)18-15-28(25-7-3-2-4-8-25)32-30(36)26-9-5-6-10-26;/h2-4,7-8,11-14,26,28H,5-6,9-10,15-23H2,1H3,(H,32,36);1H/t28-;/m0./s1. The van der Waals surface area contributed by atoms with Gasteiger partial charge >= 0.3 is 0 Å². The van der Waals surface area contributed by atoms with Gasteiger partial charge in [0.25, 0.3) is 0 Å². The van der Waals surface area contributed by atoms with Crippen LogP contribution in [0.25, 0.3) is 0 Å². The number of sulfone groups is 1. The fourth-order valence-corrected chi connectivity index (χ4v) is 7.20. The predicted octanol–water partition coefficient (Wildman–Crippen LogP) is 4.76. The Bertz CT molecular complexity index is 1260. The molecule has 9 heteroatoms. The summed E-state index contributed by atoms with van der Waals surface area (Å²) in [7, 11) is -3.23. The monoisotopic (exact) mass is 587 g/mol. The van der Waals surface area contributed by atoms with Gasteiger partial charge in [-0.2, -0.15) is 0 Å². The fourth-order valence-electron chi connectivity index (χ4n) is 6.57. The first-order valence-electron chi connectivity index (χ1n) is 14.4. The van der Waals surface area contributed by atoms with Crippen molar-refractivity contribution in [1.82, 2.24) is 15.1 Å². The van der Waals surface area contributed by atoms with Crippen LogP contribution >= 0.6 is 12.4 Å². The van der Waals surface area contributed by atoms with Crippen LogP contribution in [0, 0.1) is 11.3 Å². The second kappa shape index (κ2) is 13.0. The highest BCUT2D eigenvalue weighted by atomic mass is 35.5. The molecule has 1 spiro atoms. The van der Waals surface area contributed by atoms with Crippen LogP contribution in [0.2, 0.25) is 0 Å². The fraction of sp³-hybridized carbons (Fsp3) is 0.548. The summed E-state index contributed by atoms with van der Waals surface area (Å²) in [4.78, 5) is 30.6. The van der Waals surface area contributed by atoms with Gasteiger partial charge < -0.3 is 15.1 Å². The highest BCUT2D eigenvalue weighted by Crippen LogP contribution is 2.41. The maximum absolute atomic E-state index is 12.9. The molecular weight excluding hydrogens is 546 g/mol. The van der Waals surface area contributed by atoms with Crippen LogP contribution in [-0.4, -0.2) is 62.5 Å². The van der Waals surface area contributed by atoms with Gasteiger partial charge in [0.05, 0.1) is 10.9 Å². The molecule has 5 rings (SSSR count). The summed E-state index contributed by atoms with van der Waals surface area (Å²) >= 11 is 0. The van der Waals surface area contributed by atoms with Gasteiger partial charge in [-0.15, -0.1) is 12.4 Å². The molecule has 0 radical (unpaired) electrons. The van der Waals surface area contributed by atoms with E-state index in [2.05, 4.69) is 22.3 Å². The van der Waals surface area contributed by atoms with Gasteiger partial charge in [-0.05, 0) is 73.9 Å². The Hall–Kier alpha value is -2.42. The Morgan fingerprint density at radius 3 is 2.30 bits per heavy atom. The Morgan fingerprint density at radius 2 is 1.68 bits per heavy atom. The predicted molar refractivity (Wildman–Crippen MR) is 159 cm³/mol. The number of halogens is 1. The maximum Gasteiger partial charge on any atom is 0.223 e. The van der Waals surface area contributed by atoms with Gasteiger partial charge in [-0.1, -0.05) is 55.3 Å². The van der Waals surface area contributed by atoms with E-state index in [1.807, 2.05) is 35.2 Å². The first-order chi connectivity index (χ1) is 18.7. The molecule has 2 aromatic rings. The summed E-state index contributed by atoms with van der Waals surface area (Å²) in [5.74, 6) is 0.551. The van der Waals surface area contributed by atoms with Crippen LogP contribution in [0.5, 0.6) is 0 Å². The van der Waals surface area contributed by atoms with Crippen molar-refractivity contribution in [3.8, 4) is 0 Å². The lowest BCUT2D eigenvalue weighted by atomic mass is 9.77. The first kappa shape index (κ1) is 30.5. The number of benzene rings is 2. The van der Waals surface area contributed by atoms with Gasteiger partial charge in [-0.25, -0.2) is 8.42 Å². The molecule has 3 fully saturated rings. The number of amides is 2. The smallest absolute Gasteiger partial charge is 0.223 e. The molecule has 2 heterocycles. The van der Waals surface area contributed by atoms with Crippen LogP contribution in [0.4, 0.5) is 0 Å². The number of hydrogen-bond acceptors (Lipinski definition) is 5. The molecule has 0 unspecified atom stereocenters. The molecule has 1 atom stereocenters. The third-order valence-electron chi connectivity index (χ3n) is 9.03. The summed E-state index contributed by atoms with van der Waals surface area (Å²) in [6.45, 7) is 4.13. The normalized spacial score (nSPS) is 20.4. The largest absolute Gasteiger partial charge is 0.349 e. The number of likely N-dealkylation sites (tertiary alicyclic amines) is 2. The molecule has 2 aliphatic heterocycles. The Morgan fingerprint density at radius 1 is 1.02 bits per heavy atom. The zero-order valence-electron chi connectivity index (χ0n) is 23.4. The summed E-state index contributed by atoms with van der Waals surface area (Å²) in [6.07, 6.45) is 8.97. The van der Waals surface area contributed by atoms with Gasteiger partial charge in [0.1, 0.15) is 0 Å². The van der Waals surface area contributed by atoms with E-state index in [1.165, 1.54) is 11.8 Å². The van der Waals surface area contributed by atoms with Crippen LogP contribution in [0.1, 0.15) is 68.5 Å². The number of carbonyl (C=O) groups is 2. The average molecular weight is 588 g/mol. The van der Waals surface area contributed by atoms with E-state index in [9.17, 15) is 18.0 Å². The lowest BCUT2D eigenvalue weighted by molar-refractivity contribution is -0.128. The van der Waals surface area contributed by atoms with Crippen molar-refractivity contribution in [2.75, 3.05) is 32.4 Å². The van der Waals surface area contributed by atoms with Crippen molar-refractivity contribution in [1.29, 1.82) is 0 Å². The molecule has 40 heavy (non-hydrogen) atoms. The van der Waals surface area contributed by atoms with E-state index < -0.39 is 9.84 Å². The SMILES string of the molecule is CS(=O)(=O)c1ccc(CN2CC3(CCN(CC[C@H](NC(=O)C4CCCC4)c4ccccc4)CC3)CC2=O)cc1.Cl. The van der Waals surface area contributed by atoms with E-state index >= 15 is 0 Å². The topological polar surface area (TPSA) is 86.8 Å².